The van der Waals surface area contributed by atoms with E-state index in [9.17, 15) is 28.3 Å². The number of primary amides is 1. The molecule has 40 heavy (non-hydrogen) atoms. The fourth-order valence-electron chi connectivity index (χ4n) is 4.57. The molecule has 0 unspecified atom stereocenters. The number of nitrogens with two attached hydrogens (primary N) is 1. The molecule has 1 aliphatic heterocycles. The van der Waals surface area contributed by atoms with Crippen molar-refractivity contribution in [1.82, 2.24) is 14.1 Å². The number of hydrogen-bond acceptors (Lipinski definition) is 7. The first-order valence-corrected chi connectivity index (χ1v) is 12.4. The van der Waals surface area contributed by atoms with Crippen molar-refractivity contribution in [2.45, 2.75) is 6.54 Å². The zero-order valence-corrected chi connectivity index (χ0v) is 21.8. The first-order valence-electron chi connectivity index (χ1n) is 12.0. The van der Waals surface area contributed by atoms with Gasteiger partial charge in [0.05, 0.1) is 46.9 Å². The van der Waals surface area contributed by atoms with Crippen LogP contribution >= 0.6 is 11.6 Å². The molecule has 5 rings (SSSR count). The van der Waals surface area contributed by atoms with Crippen molar-refractivity contribution in [1.29, 1.82) is 0 Å². The van der Waals surface area contributed by atoms with Gasteiger partial charge in [-0.1, -0.05) is 11.6 Å². The summed E-state index contributed by atoms with van der Waals surface area (Å²) in [4.78, 5) is 44.0. The molecule has 1 fully saturated rings. The van der Waals surface area contributed by atoms with Gasteiger partial charge in [-0.25, -0.2) is 13.8 Å². The number of carbonyl (C=O) groups is 2. The number of benzene rings is 2. The van der Waals surface area contributed by atoms with Crippen LogP contribution in [-0.4, -0.2) is 57.3 Å². The second kappa shape index (κ2) is 10.6. The normalized spacial score (nSPS) is 13.6. The SMILES string of the molecule is Cn1cnc2c(c(-c3cc(F)c(O)c(C(N)=O)c3)cn2CC(=O)Nc2cc(N3CCOCC3)c(F)cc2Cl)c1=O. The second-order valence-corrected chi connectivity index (χ2v) is 9.59. The highest BCUT2D eigenvalue weighted by Crippen LogP contribution is 2.34. The Bertz CT molecular complexity index is 1730. The molecular formula is C26H23ClF2N6O5. The van der Waals surface area contributed by atoms with Crippen LogP contribution in [0.1, 0.15) is 10.4 Å². The molecule has 0 bridgehead atoms. The molecular weight excluding hydrogens is 550 g/mol. The Balaban J connectivity index is 1.52. The van der Waals surface area contributed by atoms with E-state index in [0.717, 1.165) is 18.2 Å². The average Bonchev–Trinajstić information content (AvgIpc) is 3.28. The average molecular weight is 573 g/mol. The molecule has 2 aromatic carbocycles. The lowest BCUT2D eigenvalue weighted by Gasteiger charge is -2.29. The topological polar surface area (TPSA) is 145 Å². The maximum absolute atomic E-state index is 14.6. The van der Waals surface area contributed by atoms with E-state index in [2.05, 4.69) is 10.3 Å². The van der Waals surface area contributed by atoms with Crippen molar-refractivity contribution < 1.29 is 28.2 Å². The van der Waals surface area contributed by atoms with Crippen LogP contribution in [-0.2, 0) is 23.1 Å². The number of carbonyl (C=O) groups excluding carboxylic acids is 2. The van der Waals surface area contributed by atoms with Crippen LogP contribution in [0.4, 0.5) is 20.2 Å². The van der Waals surface area contributed by atoms with E-state index >= 15 is 0 Å². The van der Waals surface area contributed by atoms with E-state index in [1.54, 1.807) is 4.90 Å². The number of rotatable bonds is 6. The quantitative estimate of drug-likeness (QED) is 0.322. The largest absolute Gasteiger partial charge is 0.504 e. The number of hydrogen-bond donors (Lipinski definition) is 3. The van der Waals surface area contributed by atoms with Crippen molar-refractivity contribution in [3.05, 3.63) is 69.4 Å². The highest BCUT2D eigenvalue weighted by Gasteiger charge is 2.23. The van der Waals surface area contributed by atoms with Crippen LogP contribution < -0.4 is 21.5 Å². The van der Waals surface area contributed by atoms with Crippen LogP contribution in [0.15, 0.2) is 41.6 Å². The molecule has 208 valence electrons. The molecule has 3 heterocycles. The van der Waals surface area contributed by atoms with Crippen molar-refractivity contribution in [3.63, 3.8) is 0 Å². The summed E-state index contributed by atoms with van der Waals surface area (Å²) < 4.78 is 37.0. The zero-order valence-electron chi connectivity index (χ0n) is 21.1. The van der Waals surface area contributed by atoms with Gasteiger partial charge in [0.1, 0.15) is 18.0 Å². The van der Waals surface area contributed by atoms with Gasteiger partial charge in [-0.15, -0.1) is 0 Å². The van der Waals surface area contributed by atoms with Crippen molar-refractivity contribution in [2.24, 2.45) is 12.8 Å². The Morgan fingerprint density at radius 1 is 1.18 bits per heavy atom. The van der Waals surface area contributed by atoms with E-state index < -0.39 is 40.3 Å². The highest BCUT2D eigenvalue weighted by atomic mass is 35.5. The maximum Gasteiger partial charge on any atom is 0.263 e. The van der Waals surface area contributed by atoms with Crippen molar-refractivity contribution in [2.75, 3.05) is 36.5 Å². The first kappa shape index (κ1) is 27.1. The van der Waals surface area contributed by atoms with Crippen LogP contribution in [0.3, 0.4) is 0 Å². The van der Waals surface area contributed by atoms with Crippen molar-refractivity contribution >= 4 is 45.8 Å². The Hall–Kier alpha value is -4.49. The van der Waals surface area contributed by atoms with Gasteiger partial charge >= 0.3 is 0 Å². The smallest absolute Gasteiger partial charge is 0.263 e. The first-order chi connectivity index (χ1) is 19.0. The van der Waals surface area contributed by atoms with Gasteiger partial charge in [0.2, 0.25) is 5.91 Å². The van der Waals surface area contributed by atoms with E-state index in [-0.39, 0.29) is 45.1 Å². The standard InChI is InChI=1S/C26H23ClF2N6O5/c1-33-12-31-25-22(26(33)39)15(13-6-14(24(30)38)23(37)18(29)7-13)10-35(25)11-21(36)32-19-9-20(17(28)8-16(19)27)34-2-4-40-5-3-34/h6-10,12,37H,2-5,11H2,1H3,(H2,30,38)(H,32,36). The number of amides is 2. The number of aromatic nitrogens is 3. The maximum atomic E-state index is 14.6. The molecule has 2 amide bonds. The highest BCUT2D eigenvalue weighted by molar-refractivity contribution is 6.33. The molecule has 4 N–H and O–H groups in total. The van der Waals surface area contributed by atoms with Crippen LogP contribution in [0, 0.1) is 11.6 Å². The van der Waals surface area contributed by atoms with Gasteiger partial charge in [0.25, 0.3) is 11.5 Å². The third-order valence-corrected chi connectivity index (χ3v) is 6.87. The number of nitrogens with zero attached hydrogens (tertiary/aromatic N) is 4. The second-order valence-electron chi connectivity index (χ2n) is 9.18. The summed E-state index contributed by atoms with van der Waals surface area (Å²) in [5, 5.41) is 12.6. The number of ether oxygens (including phenoxy) is 1. The predicted molar refractivity (Wildman–Crippen MR) is 144 cm³/mol. The predicted octanol–water partition coefficient (Wildman–Crippen LogP) is 2.61. The molecule has 1 saturated heterocycles. The van der Waals surface area contributed by atoms with Gasteiger partial charge in [0.15, 0.2) is 11.6 Å². The number of morpholine rings is 1. The van der Waals surface area contributed by atoms with Crippen LogP contribution in [0.2, 0.25) is 5.02 Å². The lowest BCUT2D eigenvalue weighted by molar-refractivity contribution is -0.116. The molecule has 2 aromatic heterocycles. The molecule has 11 nitrogen and oxygen atoms in total. The minimum absolute atomic E-state index is 0.00791. The van der Waals surface area contributed by atoms with Crippen LogP contribution in [0.25, 0.3) is 22.2 Å². The van der Waals surface area contributed by atoms with Gasteiger partial charge in [-0.05, 0) is 29.8 Å². The summed E-state index contributed by atoms with van der Waals surface area (Å²) in [6.07, 6.45) is 2.67. The lowest BCUT2D eigenvalue weighted by Crippen LogP contribution is -2.36. The molecule has 0 atom stereocenters. The van der Waals surface area contributed by atoms with Crippen molar-refractivity contribution in [3.8, 4) is 16.9 Å². The number of aryl methyl sites for hydroxylation is 1. The third-order valence-electron chi connectivity index (χ3n) is 6.55. The Morgan fingerprint density at radius 2 is 1.90 bits per heavy atom. The fourth-order valence-corrected chi connectivity index (χ4v) is 4.77. The van der Waals surface area contributed by atoms with E-state index in [0.29, 0.717) is 26.3 Å². The minimum atomic E-state index is -1.12. The zero-order chi connectivity index (χ0) is 28.7. The Labute approximate surface area is 230 Å². The van der Waals surface area contributed by atoms with E-state index in [1.165, 1.54) is 34.8 Å². The molecule has 0 saturated carbocycles. The van der Waals surface area contributed by atoms with Gasteiger partial charge in [-0.3, -0.25) is 14.4 Å². The summed E-state index contributed by atoms with van der Waals surface area (Å²) in [5.74, 6) is -4.21. The Kier molecular flexibility index (Phi) is 7.17. The summed E-state index contributed by atoms with van der Waals surface area (Å²) >= 11 is 6.22. The minimum Gasteiger partial charge on any atom is -0.504 e. The summed E-state index contributed by atoms with van der Waals surface area (Å²) in [6.45, 7) is 1.47. The summed E-state index contributed by atoms with van der Waals surface area (Å²) in [7, 11) is 1.47. The number of phenols is 1. The number of nitrogens with one attached hydrogen (secondary N) is 1. The molecule has 4 aromatic rings. The monoisotopic (exact) mass is 572 g/mol. The number of aromatic hydroxyl groups is 1. The van der Waals surface area contributed by atoms with Gasteiger partial charge in [0, 0.05) is 31.9 Å². The Morgan fingerprint density at radius 3 is 2.60 bits per heavy atom. The summed E-state index contributed by atoms with van der Waals surface area (Å²) in [6, 6.07) is 4.65. The number of halogens is 3. The molecule has 1 aliphatic rings. The summed E-state index contributed by atoms with van der Waals surface area (Å²) in [5.41, 5.74) is 5.09. The number of anilines is 2. The number of fused-ring (bicyclic) bond motifs is 1. The van der Waals surface area contributed by atoms with Gasteiger partial charge < -0.3 is 34.9 Å². The molecule has 14 heteroatoms. The molecule has 0 spiro atoms. The van der Waals surface area contributed by atoms with Gasteiger partial charge in [-0.2, -0.15) is 0 Å². The van der Waals surface area contributed by atoms with Crippen LogP contribution in [0.5, 0.6) is 5.75 Å². The van der Waals surface area contributed by atoms with E-state index in [4.69, 9.17) is 22.1 Å². The molecule has 0 radical (unpaired) electrons. The molecule has 0 aliphatic carbocycles. The fraction of sp³-hybridized carbons (Fsp3) is 0.231. The lowest BCUT2D eigenvalue weighted by atomic mass is 10.0. The third kappa shape index (κ3) is 4.96. The van der Waals surface area contributed by atoms with E-state index in [1.807, 2.05) is 0 Å².